The van der Waals surface area contributed by atoms with Gasteiger partial charge in [0, 0.05) is 16.6 Å². The third-order valence-corrected chi connectivity index (χ3v) is 4.78. The van der Waals surface area contributed by atoms with Gasteiger partial charge in [0.15, 0.2) is 5.65 Å². The number of H-pyrrole nitrogens is 1. The minimum absolute atomic E-state index is 0.0969. The molecule has 0 aliphatic rings. The van der Waals surface area contributed by atoms with Crippen LogP contribution in [-0.4, -0.2) is 31.8 Å². The molecule has 0 aliphatic carbocycles. The zero-order chi connectivity index (χ0) is 18.1. The third kappa shape index (κ3) is 3.39. The number of anilines is 1. The highest BCUT2D eigenvalue weighted by atomic mass is 32.2. The number of para-hydroxylation sites is 1. The molecule has 0 saturated heterocycles. The van der Waals surface area contributed by atoms with Gasteiger partial charge in [0.05, 0.1) is 5.75 Å². The molecular weight excluding hydrogens is 346 g/mol. The monoisotopic (exact) mass is 363 g/mol. The topological polar surface area (TPSA) is 83.6 Å². The molecule has 0 radical (unpaired) electrons. The standard InChI is InChI=1S/C19H17N5OS/c1-11-7-12(2)9-13(8-11)20-16(25)10-26-19-22-18-17(23-24-19)14-5-3-4-6-15(14)21-18/h3-9H,10H2,1-2H3,(H,20,25)(H,21,22,24). The van der Waals surface area contributed by atoms with E-state index in [9.17, 15) is 4.79 Å². The van der Waals surface area contributed by atoms with Gasteiger partial charge in [0.2, 0.25) is 11.1 Å². The molecule has 4 rings (SSSR count). The third-order valence-electron chi connectivity index (χ3n) is 3.94. The van der Waals surface area contributed by atoms with E-state index in [-0.39, 0.29) is 11.7 Å². The molecule has 2 aromatic heterocycles. The number of aromatic nitrogens is 4. The maximum Gasteiger partial charge on any atom is 0.234 e. The summed E-state index contributed by atoms with van der Waals surface area (Å²) in [6, 6.07) is 13.8. The Kier molecular flexibility index (Phi) is 4.30. The van der Waals surface area contributed by atoms with Gasteiger partial charge in [-0.05, 0) is 43.2 Å². The number of carbonyl (C=O) groups is 1. The Morgan fingerprint density at radius 1 is 1.12 bits per heavy atom. The number of nitrogens with one attached hydrogen (secondary N) is 2. The predicted octanol–water partition coefficient (Wildman–Crippen LogP) is 3.85. The van der Waals surface area contributed by atoms with Gasteiger partial charge in [-0.1, -0.05) is 36.0 Å². The van der Waals surface area contributed by atoms with E-state index in [1.54, 1.807) is 0 Å². The Labute approximate surface area is 154 Å². The lowest BCUT2D eigenvalue weighted by Gasteiger charge is -2.07. The predicted molar refractivity (Wildman–Crippen MR) is 104 cm³/mol. The molecule has 4 aromatic rings. The Hall–Kier alpha value is -2.93. The normalized spacial score (nSPS) is 11.2. The average Bonchev–Trinajstić information content (AvgIpc) is 2.97. The van der Waals surface area contributed by atoms with Crippen molar-refractivity contribution in [2.24, 2.45) is 0 Å². The lowest BCUT2D eigenvalue weighted by atomic mass is 10.1. The van der Waals surface area contributed by atoms with Crippen molar-refractivity contribution in [3.63, 3.8) is 0 Å². The number of thioether (sulfide) groups is 1. The molecule has 2 N–H and O–H groups in total. The summed E-state index contributed by atoms with van der Waals surface area (Å²) in [6.07, 6.45) is 0. The molecule has 2 aromatic carbocycles. The summed E-state index contributed by atoms with van der Waals surface area (Å²) in [4.78, 5) is 19.9. The van der Waals surface area contributed by atoms with Gasteiger partial charge in [-0.2, -0.15) is 0 Å². The maximum absolute atomic E-state index is 12.2. The summed E-state index contributed by atoms with van der Waals surface area (Å²) in [5.41, 5.74) is 5.43. The van der Waals surface area contributed by atoms with Crippen molar-refractivity contribution in [2.75, 3.05) is 11.1 Å². The second-order valence-corrected chi connectivity index (χ2v) is 7.12. The highest BCUT2D eigenvalue weighted by molar-refractivity contribution is 7.99. The van der Waals surface area contributed by atoms with Crippen LogP contribution in [0.25, 0.3) is 22.1 Å². The molecule has 2 heterocycles. The van der Waals surface area contributed by atoms with Crippen LogP contribution in [0.4, 0.5) is 5.69 Å². The first-order valence-corrected chi connectivity index (χ1v) is 9.19. The van der Waals surface area contributed by atoms with Crippen molar-refractivity contribution >= 4 is 45.4 Å². The number of hydrogen-bond acceptors (Lipinski definition) is 5. The quantitative estimate of drug-likeness (QED) is 0.538. The average molecular weight is 363 g/mol. The second-order valence-electron chi connectivity index (χ2n) is 6.18. The lowest BCUT2D eigenvalue weighted by molar-refractivity contribution is -0.113. The fraction of sp³-hybridized carbons (Fsp3) is 0.158. The highest BCUT2D eigenvalue weighted by Gasteiger charge is 2.11. The first-order chi connectivity index (χ1) is 12.6. The van der Waals surface area contributed by atoms with Crippen LogP contribution in [0.5, 0.6) is 0 Å². The van der Waals surface area contributed by atoms with Gasteiger partial charge < -0.3 is 10.3 Å². The number of nitrogens with zero attached hydrogens (tertiary/aromatic N) is 3. The first kappa shape index (κ1) is 16.5. The van der Waals surface area contributed by atoms with Crippen LogP contribution in [0.1, 0.15) is 11.1 Å². The maximum atomic E-state index is 12.2. The Bertz CT molecular complexity index is 1100. The minimum Gasteiger partial charge on any atom is -0.338 e. The molecule has 0 spiro atoms. The molecule has 26 heavy (non-hydrogen) atoms. The molecule has 0 unspecified atom stereocenters. The molecule has 6 nitrogen and oxygen atoms in total. The van der Waals surface area contributed by atoms with Gasteiger partial charge in [-0.3, -0.25) is 4.79 Å². The van der Waals surface area contributed by atoms with E-state index in [0.29, 0.717) is 10.8 Å². The summed E-state index contributed by atoms with van der Waals surface area (Å²) in [7, 11) is 0. The number of amides is 1. The molecule has 0 saturated carbocycles. The molecule has 130 valence electrons. The molecule has 0 bridgehead atoms. The number of benzene rings is 2. The Morgan fingerprint density at radius 2 is 1.88 bits per heavy atom. The molecule has 0 atom stereocenters. The molecular formula is C19H17N5OS. The first-order valence-electron chi connectivity index (χ1n) is 8.20. The van der Waals surface area contributed by atoms with Crippen molar-refractivity contribution in [2.45, 2.75) is 19.0 Å². The van der Waals surface area contributed by atoms with E-state index < -0.39 is 0 Å². The fourth-order valence-electron chi connectivity index (χ4n) is 2.94. The van der Waals surface area contributed by atoms with Crippen LogP contribution >= 0.6 is 11.8 Å². The molecule has 1 amide bonds. The van der Waals surface area contributed by atoms with Gasteiger partial charge in [-0.25, -0.2) is 4.98 Å². The summed E-state index contributed by atoms with van der Waals surface area (Å²) >= 11 is 1.26. The molecule has 0 fully saturated rings. The number of aromatic amines is 1. The van der Waals surface area contributed by atoms with Gasteiger partial charge in [0.25, 0.3) is 0 Å². The minimum atomic E-state index is -0.0969. The van der Waals surface area contributed by atoms with Crippen molar-refractivity contribution in [1.29, 1.82) is 0 Å². The SMILES string of the molecule is Cc1cc(C)cc(NC(=O)CSc2nnc3c(n2)[nH]c2ccccc23)c1. The lowest BCUT2D eigenvalue weighted by Crippen LogP contribution is -2.14. The Balaban J connectivity index is 1.47. The van der Waals surface area contributed by atoms with E-state index in [1.807, 2.05) is 50.2 Å². The van der Waals surface area contributed by atoms with Crippen molar-refractivity contribution in [3.05, 3.63) is 53.6 Å². The van der Waals surface area contributed by atoms with E-state index >= 15 is 0 Å². The van der Waals surface area contributed by atoms with E-state index in [1.165, 1.54) is 11.8 Å². The van der Waals surface area contributed by atoms with Crippen LogP contribution < -0.4 is 5.32 Å². The molecule has 7 heteroatoms. The van der Waals surface area contributed by atoms with Crippen LogP contribution in [0, 0.1) is 13.8 Å². The summed E-state index contributed by atoms with van der Waals surface area (Å²) < 4.78 is 0. The Morgan fingerprint density at radius 3 is 2.69 bits per heavy atom. The van der Waals surface area contributed by atoms with Crippen LogP contribution in [0.3, 0.4) is 0 Å². The summed E-state index contributed by atoms with van der Waals surface area (Å²) in [5.74, 6) is 0.126. The summed E-state index contributed by atoms with van der Waals surface area (Å²) in [5, 5.41) is 12.8. The number of carbonyl (C=O) groups excluding carboxylic acids is 1. The van der Waals surface area contributed by atoms with Crippen LogP contribution in [0.2, 0.25) is 0 Å². The van der Waals surface area contributed by atoms with E-state index in [0.717, 1.165) is 33.2 Å². The summed E-state index contributed by atoms with van der Waals surface area (Å²) in [6.45, 7) is 4.01. The number of fused-ring (bicyclic) bond motifs is 3. The zero-order valence-electron chi connectivity index (χ0n) is 14.4. The van der Waals surface area contributed by atoms with E-state index in [2.05, 4.69) is 31.5 Å². The number of hydrogen-bond donors (Lipinski definition) is 2. The number of rotatable bonds is 4. The van der Waals surface area contributed by atoms with Gasteiger partial charge >= 0.3 is 0 Å². The van der Waals surface area contributed by atoms with Crippen molar-refractivity contribution < 1.29 is 4.79 Å². The fourth-order valence-corrected chi connectivity index (χ4v) is 3.53. The van der Waals surface area contributed by atoms with Gasteiger partial charge in [-0.15, -0.1) is 10.2 Å². The smallest absolute Gasteiger partial charge is 0.234 e. The number of aryl methyl sites for hydroxylation is 2. The largest absolute Gasteiger partial charge is 0.338 e. The van der Waals surface area contributed by atoms with Crippen LogP contribution in [-0.2, 0) is 4.79 Å². The van der Waals surface area contributed by atoms with E-state index in [4.69, 9.17) is 0 Å². The van der Waals surface area contributed by atoms with Crippen LogP contribution in [0.15, 0.2) is 47.6 Å². The highest BCUT2D eigenvalue weighted by Crippen LogP contribution is 2.23. The van der Waals surface area contributed by atoms with Crippen molar-refractivity contribution in [3.8, 4) is 0 Å². The van der Waals surface area contributed by atoms with Gasteiger partial charge in [0.1, 0.15) is 5.52 Å². The molecule has 0 aliphatic heterocycles. The zero-order valence-corrected chi connectivity index (χ0v) is 15.2. The van der Waals surface area contributed by atoms with Crippen molar-refractivity contribution in [1.82, 2.24) is 20.2 Å². The second kappa shape index (κ2) is 6.76.